The van der Waals surface area contributed by atoms with E-state index < -0.39 is 15.9 Å². The van der Waals surface area contributed by atoms with Gasteiger partial charge in [-0.05, 0) is 17.0 Å². The van der Waals surface area contributed by atoms with Crippen LogP contribution < -0.4 is 5.73 Å². The molecule has 5 heteroatoms. The van der Waals surface area contributed by atoms with Crippen LogP contribution in [0.1, 0.15) is 36.9 Å². The van der Waals surface area contributed by atoms with Gasteiger partial charge in [-0.1, -0.05) is 38.1 Å². The Morgan fingerprint density at radius 2 is 1.68 bits per heavy atom. The van der Waals surface area contributed by atoms with Crippen molar-refractivity contribution in [1.29, 1.82) is 0 Å². The summed E-state index contributed by atoms with van der Waals surface area (Å²) in [5.74, 6) is 0.425. The van der Waals surface area contributed by atoms with Crippen molar-refractivity contribution in [3.63, 3.8) is 0 Å². The van der Waals surface area contributed by atoms with E-state index in [1.165, 1.54) is 12.7 Å². The lowest BCUT2D eigenvalue weighted by Crippen LogP contribution is -2.25. The second-order valence-corrected chi connectivity index (χ2v) is 7.26. The van der Waals surface area contributed by atoms with Gasteiger partial charge in [0.25, 0.3) is 0 Å². The Bertz CT molecular complexity index is 480. The molecule has 1 rings (SSSR count). The Kier molecular flexibility index (Phi) is 5.97. The largest absolute Gasteiger partial charge is 0.384 e. The molecule has 1 unspecified atom stereocenters. The van der Waals surface area contributed by atoms with Gasteiger partial charge in [-0.25, -0.2) is 8.42 Å². The van der Waals surface area contributed by atoms with Gasteiger partial charge in [-0.15, -0.1) is 0 Å². The van der Waals surface area contributed by atoms with Gasteiger partial charge in [0, 0.05) is 13.2 Å². The summed E-state index contributed by atoms with van der Waals surface area (Å²) in [5, 5.41) is 0. The fourth-order valence-electron chi connectivity index (χ4n) is 1.79. The lowest BCUT2D eigenvalue weighted by atomic mass is 10.00. The summed E-state index contributed by atoms with van der Waals surface area (Å²) in [6.07, 6.45) is 0. The molecule has 0 aliphatic heterocycles. The van der Waals surface area contributed by atoms with Crippen molar-refractivity contribution in [3.8, 4) is 0 Å². The molecule has 0 saturated carbocycles. The Morgan fingerprint density at radius 3 is 2.16 bits per heavy atom. The Hall–Kier alpha value is -0.910. The molecule has 0 bridgehead atoms. The van der Waals surface area contributed by atoms with Crippen molar-refractivity contribution < 1.29 is 13.2 Å². The molecule has 0 radical (unpaired) electrons. The molecular formula is C14H23NO3S. The maximum Gasteiger partial charge on any atom is 0.154 e. The lowest BCUT2D eigenvalue weighted by Gasteiger charge is -2.14. The van der Waals surface area contributed by atoms with Gasteiger partial charge >= 0.3 is 0 Å². The molecule has 0 heterocycles. The van der Waals surface area contributed by atoms with E-state index in [1.807, 2.05) is 24.3 Å². The molecule has 0 aliphatic rings. The first kappa shape index (κ1) is 16.1. The molecule has 1 aromatic rings. The Morgan fingerprint density at radius 1 is 1.16 bits per heavy atom. The van der Waals surface area contributed by atoms with E-state index in [2.05, 4.69) is 13.8 Å². The molecule has 0 spiro atoms. The highest BCUT2D eigenvalue weighted by atomic mass is 32.2. The minimum atomic E-state index is -3.17. The summed E-state index contributed by atoms with van der Waals surface area (Å²) < 4.78 is 28.4. The third-order valence-corrected chi connectivity index (χ3v) is 4.72. The average Bonchev–Trinajstić information content (AvgIpc) is 2.36. The summed E-state index contributed by atoms with van der Waals surface area (Å²) in [5.41, 5.74) is 8.03. The van der Waals surface area contributed by atoms with E-state index in [9.17, 15) is 8.42 Å². The van der Waals surface area contributed by atoms with Crippen LogP contribution in [-0.4, -0.2) is 33.6 Å². The highest BCUT2D eigenvalue weighted by Crippen LogP contribution is 2.18. The molecule has 0 saturated heterocycles. The number of benzene rings is 1. The second-order valence-electron chi connectivity index (χ2n) is 5.04. The van der Waals surface area contributed by atoms with Crippen molar-refractivity contribution >= 4 is 9.84 Å². The van der Waals surface area contributed by atoms with E-state index in [0.29, 0.717) is 5.92 Å². The quantitative estimate of drug-likeness (QED) is 0.830. The van der Waals surface area contributed by atoms with Crippen LogP contribution in [0.15, 0.2) is 24.3 Å². The first-order valence-corrected chi connectivity index (χ1v) is 8.22. The minimum absolute atomic E-state index is 0.0152. The zero-order valence-electron chi connectivity index (χ0n) is 11.8. The normalized spacial score (nSPS) is 13.7. The standard InChI is InChI=1S/C14H23NO3S/c1-11(2)12-4-6-13(7-5-12)14(15)10-19(16,17)9-8-18-3/h4-7,11,14H,8-10,15H2,1-3H3. The third-order valence-electron chi connectivity index (χ3n) is 3.06. The predicted octanol–water partition coefficient (Wildman–Crippen LogP) is 1.87. The molecule has 0 amide bonds. The molecule has 0 aromatic heterocycles. The van der Waals surface area contributed by atoms with Crippen molar-refractivity contribution in [2.75, 3.05) is 25.2 Å². The number of rotatable bonds is 7. The summed E-state index contributed by atoms with van der Waals surface area (Å²) >= 11 is 0. The molecule has 108 valence electrons. The van der Waals surface area contributed by atoms with Crippen molar-refractivity contribution in [3.05, 3.63) is 35.4 Å². The number of hydrogen-bond donors (Lipinski definition) is 1. The zero-order valence-corrected chi connectivity index (χ0v) is 12.6. The SMILES string of the molecule is COCCS(=O)(=O)CC(N)c1ccc(C(C)C)cc1. The maximum absolute atomic E-state index is 11.8. The second kappa shape index (κ2) is 7.03. The van der Waals surface area contributed by atoms with E-state index >= 15 is 0 Å². The van der Waals surface area contributed by atoms with Crippen LogP contribution in [0.25, 0.3) is 0 Å². The van der Waals surface area contributed by atoms with Gasteiger partial charge in [-0.3, -0.25) is 0 Å². The molecule has 1 atom stereocenters. The Labute approximate surface area is 115 Å². The molecule has 2 N–H and O–H groups in total. The van der Waals surface area contributed by atoms with Crippen LogP contribution in [0.2, 0.25) is 0 Å². The topological polar surface area (TPSA) is 69.4 Å². The van der Waals surface area contributed by atoms with Crippen molar-refractivity contribution in [2.24, 2.45) is 5.73 Å². The average molecular weight is 285 g/mol. The first-order chi connectivity index (χ1) is 8.85. The van der Waals surface area contributed by atoms with E-state index in [0.717, 1.165) is 5.56 Å². The number of ether oxygens (including phenoxy) is 1. The van der Waals surface area contributed by atoms with Crippen molar-refractivity contribution in [2.45, 2.75) is 25.8 Å². The molecule has 0 fully saturated rings. The van der Waals surface area contributed by atoms with Gasteiger partial charge < -0.3 is 10.5 Å². The minimum Gasteiger partial charge on any atom is -0.384 e. The number of hydrogen-bond acceptors (Lipinski definition) is 4. The molecule has 0 aliphatic carbocycles. The van der Waals surface area contributed by atoms with Gasteiger partial charge in [0.2, 0.25) is 0 Å². The molecular weight excluding hydrogens is 262 g/mol. The zero-order chi connectivity index (χ0) is 14.5. The summed E-state index contributed by atoms with van der Waals surface area (Å²) in [7, 11) is -1.68. The third kappa shape index (κ3) is 5.30. The van der Waals surface area contributed by atoms with Gasteiger partial charge in [0.1, 0.15) is 0 Å². The first-order valence-electron chi connectivity index (χ1n) is 6.40. The van der Waals surface area contributed by atoms with E-state index in [4.69, 9.17) is 10.5 Å². The van der Waals surface area contributed by atoms with Crippen LogP contribution in [-0.2, 0) is 14.6 Å². The van der Waals surface area contributed by atoms with Crippen molar-refractivity contribution in [1.82, 2.24) is 0 Å². The molecule has 1 aromatic carbocycles. The molecule has 4 nitrogen and oxygen atoms in total. The van der Waals surface area contributed by atoms with E-state index in [1.54, 1.807) is 0 Å². The van der Waals surface area contributed by atoms with Gasteiger partial charge in [0.05, 0.1) is 18.1 Å². The fraction of sp³-hybridized carbons (Fsp3) is 0.571. The van der Waals surface area contributed by atoms with E-state index in [-0.39, 0.29) is 18.1 Å². The highest BCUT2D eigenvalue weighted by molar-refractivity contribution is 7.91. The Balaban J connectivity index is 2.70. The number of nitrogens with two attached hydrogens (primary N) is 1. The monoisotopic (exact) mass is 285 g/mol. The van der Waals surface area contributed by atoms with Crippen LogP contribution in [0.5, 0.6) is 0 Å². The maximum atomic E-state index is 11.8. The van der Waals surface area contributed by atoms with Crippen LogP contribution >= 0.6 is 0 Å². The summed E-state index contributed by atoms with van der Waals surface area (Å²) in [4.78, 5) is 0. The number of methoxy groups -OCH3 is 1. The van der Waals surface area contributed by atoms with Gasteiger partial charge in [-0.2, -0.15) is 0 Å². The fourth-order valence-corrected chi connectivity index (χ4v) is 3.12. The lowest BCUT2D eigenvalue weighted by molar-refractivity contribution is 0.217. The predicted molar refractivity (Wildman–Crippen MR) is 78.0 cm³/mol. The highest BCUT2D eigenvalue weighted by Gasteiger charge is 2.17. The smallest absolute Gasteiger partial charge is 0.154 e. The summed E-state index contributed by atoms with van der Waals surface area (Å²) in [6.45, 7) is 4.44. The van der Waals surface area contributed by atoms with Crippen LogP contribution in [0.4, 0.5) is 0 Å². The van der Waals surface area contributed by atoms with Gasteiger partial charge in [0.15, 0.2) is 9.84 Å². The summed E-state index contributed by atoms with van der Waals surface area (Å²) in [6, 6.07) is 7.34. The number of sulfone groups is 1. The van der Waals surface area contributed by atoms with Crippen LogP contribution in [0, 0.1) is 0 Å². The van der Waals surface area contributed by atoms with Crippen LogP contribution in [0.3, 0.4) is 0 Å². The molecule has 19 heavy (non-hydrogen) atoms.